The monoisotopic (exact) mass is 328 g/mol. The van der Waals surface area contributed by atoms with Crippen molar-refractivity contribution in [2.45, 2.75) is 20.3 Å². The number of nitrogens with zero attached hydrogens (tertiary/aromatic N) is 1. The molecule has 1 aromatic carbocycles. The molecule has 0 aliphatic carbocycles. The van der Waals surface area contributed by atoms with E-state index in [0.717, 1.165) is 0 Å². The second kappa shape index (κ2) is 5.78. The van der Waals surface area contributed by atoms with Gasteiger partial charge < -0.3 is 15.0 Å². The van der Waals surface area contributed by atoms with Gasteiger partial charge in [-0.2, -0.15) is 0 Å². The molecule has 126 valence electrons. The Kier molecular flexibility index (Phi) is 3.91. The molecule has 2 N–H and O–H groups in total. The predicted octanol–water partition coefficient (Wildman–Crippen LogP) is 2.10. The molecular formula is C18H20N2O4. The van der Waals surface area contributed by atoms with Crippen molar-refractivity contribution in [1.82, 2.24) is 9.88 Å². The lowest BCUT2D eigenvalue weighted by molar-refractivity contribution is -0.150. The van der Waals surface area contributed by atoms with Gasteiger partial charge in [-0.3, -0.25) is 14.4 Å². The number of carboxylic acid groups (broad SMARTS) is 1. The van der Waals surface area contributed by atoms with Gasteiger partial charge in [0.2, 0.25) is 5.56 Å². The standard InChI is InChI=1S/C18H20N2O4/c1-11(2)18(17(23)24)7-8-20(10-18)16(22)13-9-15(21)19-14-6-4-3-5-12(13)14/h3-6,9,11H,7-8,10H2,1-2H3,(H,19,21)(H,23,24). The van der Waals surface area contributed by atoms with Crippen LogP contribution in [0.15, 0.2) is 35.1 Å². The van der Waals surface area contributed by atoms with Crippen LogP contribution in [0.1, 0.15) is 30.6 Å². The molecule has 1 fully saturated rings. The molecule has 0 saturated carbocycles. The van der Waals surface area contributed by atoms with E-state index < -0.39 is 11.4 Å². The Bertz CT molecular complexity index is 871. The van der Waals surface area contributed by atoms with Gasteiger partial charge in [-0.1, -0.05) is 32.0 Å². The molecule has 6 nitrogen and oxygen atoms in total. The molecule has 1 atom stereocenters. The zero-order valence-corrected chi connectivity index (χ0v) is 13.7. The van der Waals surface area contributed by atoms with E-state index in [9.17, 15) is 19.5 Å². The van der Waals surface area contributed by atoms with Crippen LogP contribution in [0.3, 0.4) is 0 Å². The number of aromatic nitrogens is 1. The Labute approximate surface area is 139 Å². The molecule has 1 amide bonds. The van der Waals surface area contributed by atoms with E-state index in [0.29, 0.717) is 29.4 Å². The van der Waals surface area contributed by atoms with E-state index in [1.807, 2.05) is 13.8 Å². The molecule has 2 heterocycles. The summed E-state index contributed by atoms with van der Waals surface area (Å²) >= 11 is 0. The second-order valence-electron chi connectivity index (χ2n) is 6.69. The van der Waals surface area contributed by atoms with Gasteiger partial charge in [-0.25, -0.2) is 0 Å². The van der Waals surface area contributed by atoms with Crippen molar-refractivity contribution in [3.63, 3.8) is 0 Å². The number of amides is 1. The third kappa shape index (κ3) is 2.48. The average Bonchev–Trinajstić information content (AvgIpc) is 3.00. The van der Waals surface area contributed by atoms with E-state index in [4.69, 9.17) is 0 Å². The lowest BCUT2D eigenvalue weighted by atomic mass is 9.76. The molecule has 2 aromatic rings. The van der Waals surface area contributed by atoms with Crippen molar-refractivity contribution in [3.8, 4) is 0 Å². The van der Waals surface area contributed by atoms with Crippen LogP contribution in [0.2, 0.25) is 0 Å². The quantitative estimate of drug-likeness (QED) is 0.903. The number of carboxylic acids is 1. The molecule has 1 saturated heterocycles. The molecule has 0 radical (unpaired) electrons. The maximum Gasteiger partial charge on any atom is 0.311 e. The van der Waals surface area contributed by atoms with Crippen LogP contribution >= 0.6 is 0 Å². The van der Waals surface area contributed by atoms with Crippen LogP contribution < -0.4 is 5.56 Å². The van der Waals surface area contributed by atoms with Crippen molar-refractivity contribution < 1.29 is 14.7 Å². The lowest BCUT2D eigenvalue weighted by Gasteiger charge is -2.28. The Morgan fingerprint density at radius 1 is 1.29 bits per heavy atom. The zero-order chi connectivity index (χ0) is 17.5. The topological polar surface area (TPSA) is 90.5 Å². The number of carbonyl (C=O) groups excluding carboxylic acids is 1. The van der Waals surface area contributed by atoms with Gasteiger partial charge >= 0.3 is 5.97 Å². The molecular weight excluding hydrogens is 308 g/mol. The van der Waals surface area contributed by atoms with Crippen molar-refractivity contribution >= 4 is 22.8 Å². The minimum Gasteiger partial charge on any atom is -0.481 e. The Morgan fingerprint density at radius 2 is 2.00 bits per heavy atom. The van der Waals surface area contributed by atoms with Gasteiger partial charge in [-0.15, -0.1) is 0 Å². The zero-order valence-electron chi connectivity index (χ0n) is 13.7. The van der Waals surface area contributed by atoms with Gasteiger partial charge in [0.15, 0.2) is 0 Å². The van der Waals surface area contributed by atoms with Crippen LogP contribution in [0.5, 0.6) is 0 Å². The maximum atomic E-state index is 12.9. The Balaban J connectivity index is 2.00. The van der Waals surface area contributed by atoms with E-state index in [1.54, 1.807) is 29.2 Å². The number of carbonyl (C=O) groups is 2. The summed E-state index contributed by atoms with van der Waals surface area (Å²) in [6.45, 7) is 4.28. The Morgan fingerprint density at radius 3 is 2.62 bits per heavy atom. The van der Waals surface area contributed by atoms with Gasteiger partial charge in [0, 0.05) is 30.1 Å². The number of benzene rings is 1. The third-order valence-corrected chi connectivity index (χ3v) is 5.10. The van der Waals surface area contributed by atoms with Crippen LogP contribution in [-0.4, -0.2) is 40.0 Å². The van der Waals surface area contributed by atoms with Crippen LogP contribution in [-0.2, 0) is 4.79 Å². The molecule has 6 heteroatoms. The van der Waals surface area contributed by atoms with Crippen molar-refractivity contribution in [2.24, 2.45) is 11.3 Å². The third-order valence-electron chi connectivity index (χ3n) is 5.10. The van der Waals surface area contributed by atoms with Crippen molar-refractivity contribution in [3.05, 3.63) is 46.2 Å². The first kappa shape index (κ1) is 16.2. The Hall–Kier alpha value is -2.63. The first-order valence-corrected chi connectivity index (χ1v) is 8.00. The molecule has 24 heavy (non-hydrogen) atoms. The van der Waals surface area contributed by atoms with Crippen LogP contribution in [0.25, 0.3) is 10.9 Å². The van der Waals surface area contributed by atoms with Crippen LogP contribution in [0.4, 0.5) is 0 Å². The number of fused-ring (bicyclic) bond motifs is 1. The predicted molar refractivity (Wildman–Crippen MR) is 90.0 cm³/mol. The summed E-state index contributed by atoms with van der Waals surface area (Å²) in [5, 5.41) is 10.3. The first-order chi connectivity index (χ1) is 11.3. The summed E-state index contributed by atoms with van der Waals surface area (Å²) in [5.41, 5.74) is -0.350. The summed E-state index contributed by atoms with van der Waals surface area (Å²) in [5.74, 6) is -1.24. The summed E-state index contributed by atoms with van der Waals surface area (Å²) in [6.07, 6.45) is 0.423. The molecule has 0 spiro atoms. The van der Waals surface area contributed by atoms with Crippen LogP contribution in [0, 0.1) is 11.3 Å². The molecule has 3 rings (SSSR count). The summed E-state index contributed by atoms with van der Waals surface area (Å²) in [7, 11) is 0. The van der Waals surface area contributed by atoms with Gasteiger partial charge in [0.25, 0.3) is 5.91 Å². The van der Waals surface area contributed by atoms with Crippen molar-refractivity contribution in [2.75, 3.05) is 13.1 Å². The molecule has 1 unspecified atom stereocenters. The van der Waals surface area contributed by atoms with Gasteiger partial charge in [-0.05, 0) is 18.4 Å². The average molecular weight is 328 g/mol. The highest BCUT2D eigenvalue weighted by atomic mass is 16.4. The van der Waals surface area contributed by atoms with E-state index in [2.05, 4.69) is 4.98 Å². The molecule has 1 aliphatic heterocycles. The summed E-state index contributed by atoms with van der Waals surface area (Å²) < 4.78 is 0. The number of aromatic amines is 1. The number of nitrogens with one attached hydrogen (secondary N) is 1. The van der Waals surface area contributed by atoms with E-state index in [-0.39, 0.29) is 23.9 Å². The highest BCUT2D eigenvalue weighted by molar-refractivity contribution is 6.06. The van der Waals surface area contributed by atoms with Gasteiger partial charge in [0.05, 0.1) is 11.0 Å². The number of likely N-dealkylation sites (tertiary alicyclic amines) is 1. The SMILES string of the molecule is CC(C)C1(C(=O)O)CCN(C(=O)c2cc(=O)[nH]c3ccccc23)C1. The fourth-order valence-corrected chi connectivity index (χ4v) is 3.45. The maximum absolute atomic E-state index is 12.9. The fourth-order valence-electron chi connectivity index (χ4n) is 3.45. The first-order valence-electron chi connectivity index (χ1n) is 8.00. The molecule has 0 bridgehead atoms. The number of rotatable bonds is 3. The highest BCUT2D eigenvalue weighted by Crippen LogP contribution is 2.38. The summed E-state index contributed by atoms with van der Waals surface area (Å²) in [4.78, 5) is 40.8. The number of aliphatic carboxylic acids is 1. The summed E-state index contributed by atoms with van der Waals surface area (Å²) in [6, 6.07) is 8.41. The number of pyridine rings is 1. The fraction of sp³-hybridized carbons (Fsp3) is 0.389. The van der Waals surface area contributed by atoms with Crippen molar-refractivity contribution in [1.29, 1.82) is 0 Å². The minimum atomic E-state index is -0.924. The lowest BCUT2D eigenvalue weighted by Crippen LogP contribution is -2.40. The number of para-hydroxylation sites is 1. The smallest absolute Gasteiger partial charge is 0.311 e. The minimum absolute atomic E-state index is 0.0799. The number of H-pyrrole nitrogens is 1. The highest BCUT2D eigenvalue weighted by Gasteiger charge is 2.48. The van der Waals surface area contributed by atoms with Gasteiger partial charge in [0.1, 0.15) is 0 Å². The number of hydrogen-bond acceptors (Lipinski definition) is 3. The number of hydrogen-bond donors (Lipinski definition) is 2. The molecule has 1 aromatic heterocycles. The second-order valence-corrected chi connectivity index (χ2v) is 6.69. The largest absolute Gasteiger partial charge is 0.481 e. The molecule has 1 aliphatic rings. The normalized spacial score (nSPS) is 20.7. The van der Waals surface area contributed by atoms with E-state index in [1.165, 1.54) is 6.07 Å². The van der Waals surface area contributed by atoms with E-state index >= 15 is 0 Å².